The van der Waals surface area contributed by atoms with Crippen LogP contribution in [0.25, 0.3) is 10.9 Å². The molecule has 4 bridgehead atoms. The van der Waals surface area contributed by atoms with E-state index in [9.17, 15) is 9.59 Å². The van der Waals surface area contributed by atoms with E-state index in [1.807, 2.05) is 18.2 Å². The molecule has 4 saturated carbocycles. The average Bonchev–Trinajstić information content (AvgIpc) is 3.00. The summed E-state index contributed by atoms with van der Waals surface area (Å²) >= 11 is 0. The Hall–Kier alpha value is -2.37. The van der Waals surface area contributed by atoms with Crippen LogP contribution in [0.4, 0.5) is 5.69 Å². The SMILES string of the molecule is CC(=O)NC12CC3CC(C1)CC(C(=O)Nc1ccc4[nH]ncc4c1)(C3)C2. The van der Waals surface area contributed by atoms with Crippen molar-refractivity contribution in [1.29, 1.82) is 0 Å². The van der Waals surface area contributed by atoms with Crippen molar-refractivity contribution in [1.82, 2.24) is 15.5 Å². The molecular weight excluding hydrogens is 328 g/mol. The van der Waals surface area contributed by atoms with Crippen LogP contribution in [-0.4, -0.2) is 27.6 Å². The summed E-state index contributed by atoms with van der Waals surface area (Å²) in [5, 5.41) is 14.3. The first-order chi connectivity index (χ1) is 12.5. The molecule has 0 aliphatic heterocycles. The highest BCUT2D eigenvalue weighted by atomic mass is 16.2. The number of carbonyl (C=O) groups excluding carboxylic acids is 2. The zero-order chi connectivity index (χ0) is 17.9. The Morgan fingerprint density at radius 2 is 1.96 bits per heavy atom. The molecule has 0 radical (unpaired) electrons. The molecule has 1 aromatic heterocycles. The number of hydrogen-bond acceptors (Lipinski definition) is 3. The molecule has 26 heavy (non-hydrogen) atoms. The molecule has 2 aromatic rings. The second-order valence-corrected chi connectivity index (χ2v) is 8.83. The van der Waals surface area contributed by atoms with Gasteiger partial charge in [0.25, 0.3) is 0 Å². The Morgan fingerprint density at radius 3 is 2.69 bits per heavy atom. The van der Waals surface area contributed by atoms with Crippen LogP contribution in [0, 0.1) is 17.3 Å². The summed E-state index contributed by atoms with van der Waals surface area (Å²) in [6, 6.07) is 5.82. The molecule has 4 aliphatic rings. The number of hydrogen-bond donors (Lipinski definition) is 3. The Bertz CT molecular complexity index is 888. The molecule has 3 N–H and O–H groups in total. The number of rotatable bonds is 3. The summed E-state index contributed by atoms with van der Waals surface area (Å²) in [6.45, 7) is 1.59. The van der Waals surface area contributed by atoms with E-state index in [1.54, 1.807) is 13.1 Å². The number of benzene rings is 1. The van der Waals surface area contributed by atoms with E-state index >= 15 is 0 Å². The predicted octanol–water partition coefficient (Wildman–Crippen LogP) is 2.98. The number of nitrogens with zero attached hydrogens (tertiary/aromatic N) is 1. The summed E-state index contributed by atoms with van der Waals surface area (Å²) in [4.78, 5) is 25.1. The minimum atomic E-state index is -0.349. The molecular formula is C20H24N4O2. The van der Waals surface area contributed by atoms with E-state index in [4.69, 9.17) is 0 Å². The number of aromatic amines is 1. The summed E-state index contributed by atoms with van der Waals surface area (Å²) in [5.41, 5.74) is 1.25. The van der Waals surface area contributed by atoms with Crippen LogP contribution >= 0.6 is 0 Å². The first-order valence-corrected chi connectivity index (χ1v) is 9.49. The van der Waals surface area contributed by atoms with Crippen molar-refractivity contribution in [2.24, 2.45) is 17.3 Å². The molecule has 2 amide bonds. The fourth-order valence-electron chi connectivity index (χ4n) is 6.33. The van der Waals surface area contributed by atoms with E-state index in [0.717, 1.165) is 48.7 Å². The smallest absolute Gasteiger partial charge is 0.230 e. The van der Waals surface area contributed by atoms with Gasteiger partial charge in [-0.15, -0.1) is 0 Å². The third-order valence-electron chi connectivity index (χ3n) is 6.68. The van der Waals surface area contributed by atoms with Gasteiger partial charge >= 0.3 is 0 Å². The molecule has 4 fully saturated rings. The Morgan fingerprint density at radius 1 is 1.19 bits per heavy atom. The second-order valence-electron chi connectivity index (χ2n) is 8.83. The fourth-order valence-corrected chi connectivity index (χ4v) is 6.33. The first kappa shape index (κ1) is 15.9. The molecule has 0 saturated heterocycles. The minimum Gasteiger partial charge on any atom is -0.351 e. The zero-order valence-electron chi connectivity index (χ0n) is 15.0. The van der Waals surface area contributed by atoms with E-state index < -0.39 is 0 Å². The maximum atomic E-state index is 13.3. The largest absolute Gasteiger partial charge is 0.351 e. The molecule has 6 nitrogen and oxygen atoms in total. The van der Waals surface area contributed by atoms with Gasteiger partial charge < -0.3 is 10.6 Å². The van der Waals surface area contributed by atoms with Crippen LogP contribution in [0.15, 0.2) is 24.4 Å². The molecule has 136 valence electrons. The van der Waals surface area contributed by atoms with Crippen molar-refractivity contribution >= 4 is 28.4 Å². The molecule has 1 heterocycles. The number of nitrogens with one attached hydrogen (secondary N) is 3. The second kappa shape index (κ2) is 5.32. The minimum absolute atomic E-state index is 0.0212. The Labute approximate surface area is 152 Å². The number of aromatic nitrogens is 2. The third-order valence-corrected chi connectivity index (χ3v) is 6.68. The van der Waals surface area contributed by atoms with Gasteiger partial charge in [0.1, 0.15) is 0 Å². The molecule has 6 rings (SSSR count). The predicted molar refractivity (Wildman–Crippen MR) is 98.4 cm³/mol. The van der Waals surface area contributed by atoms with Crippen LogP contribution in [-0.2, 0) is 9.59 Å². The number of H-pyrrole nitrogens is 1. The van der Waals surface area contributed by atoms with Gasteiger partial charge in [-0.1, -0.05) is 0 Å². The van der Waals surface area contributed by atoms with Crippen molar-refractivity contribution in [3.63, 3.8) is 0 Å². The van der Waals surface area contributed by atoms with Crippen LogP contribution < -0.4 is 10.6 Å². The van der Waals surface area contributed by atoms with Crippen molar-refractivity contribution in [2.75, 3.05) is 5.32 Å². The van der Waals surface area contributed by atoms with E-state index in [1.165, 1.54) is 6.42 Å². The van der Waals surface area contributed by atoms with Crippen LogP contribution in [0.1, 0.15) is 45.4 Å². The molecule has 2 unspecified atom stereocenters. The summed E-state index contributed by atoms with van der Waals surface area (Å²) < 4.78 is 0. The Balaban J connectivity index is 1.42. The van der Waals surface area contributed by atoms with Gasteiger partial charge in [0.05, 0.1) is 17.1 Å². The van der Waals surface area contributed by atoms with Gasteiger partial charge in [-0.05, 0) is 68.6 Å². The lowest BCUT2D eigenvalue weighted by Crippen LogP contribution is -2.65. The van der Waals surface area contributed by atoms with Gasteiger partial charge in [0, 0.05) is 23.5 Å². The summed E-state index contributed by atoms with van der Waals surface area (Å²) in [5.74, 6) is 1.23. The third kappa shape index (κ3) is 2.42. The Kier molecular flexibility index (Phi) is 3.24. The lowest BCUT2D eigenvalue weighted by molar-refractivity contribution is -0.148. The monoisotopic (exact) mass is 352 g/mol. The standard InChI is InChI=1S/C20H24N4O2/c1-12(25)23-20-8-13-4-14(9-20)7-19(6-13,11-20)18(26)22-16-2-3-17-15(5-16)10-21-24-17/h2-3,5,10,13-14H,4,6-9,11H2,1H3,(H,21,24)(H,22,26)(H,23,25). The van der Waals surface area contributed by atoms with Crippen LogP contribution in [0.3, 0.4) is 0 Å². The van der Waals surface area contributed by atoms with Gasteiger partial charge in [-0.2, -0.15) is 5.10 Å². The van der Waals surface area contributed by atoms with Crippen molar-refractivity contribution in [3.8, 4) is 0 Å². The summed E-state index contributed by atoms with van der Waals surface area (Å²) in [7, 11) is 0. The molecule has 4 aliphatic carbocycles. The van der Waals surface area contributed by atoms with Crippen molar-refractivity contribution in [2.45, 2.75) is 51.0 Å². The van der Waals surface area contributed by atoms with Crippen LogP contribution in [0.2, 0.25) is 0 Å². The average molecular weight is 352 g/mol. The molecule has 2 atom stereocenters. The van der Waals surface area contributed by atoms with E-state index in [2.05, 4.69) is 20.8 Å². The van der Waals surface area contributed by atoms with E-state index in [0.29, 0.717) is 11.8 Å². The van der Waals surface area contributed by atoms with Gasteiger partial charge in [-0.3, -0.25) is 14.7 Å². The first-order valence-electron chi connectivity index (χ1n) is 9.49. The zero-order valence-corrected chi connectivity index (χ0v) is 15.0. The number of fused-ring (bicyclic) bond motifs is 1. The summed E-state index contributed by atoms with van der Waals surface area (Å²) in [6.07, 6.45) is 7.69. The quantitative estimate of drug-likeness (QED) is 0.794. The maximum Gasteiger partial charge on any atom is 0.230 e. The number of amides is 2. The van der Waals surface area contributed by atoms with Crippen LogP contribution in [0.5, 0.6) is 0 Å². The van der Waals surface area contributed by atoms with Gasteiger partial charge in [0.15, 0.2) is 0 Å². The number of carbonyl (C=O) groups is 2. The van der Waals surface area contributed by atoms with Gasteiger partial charge in [0.2, 0.25) is 11.8 Å². The van der Waals surface area contributed by atoms with Crippen molar-refractivity contribution < 1.29 is 9.59 Å². The topological polar surface area (TPSA) is 86.9 Å². The highest BCUT2D eigenvalue weighted by molar-refractivity contribution is 5.97. The number of anilines is 1. The fraction of sp³-hybridized carbons (Fsp3) is 0.550. The van der Waals surface area contributed by atoms with Gasteiger partial charge in [-0.25, -0.2) is 0 Å². The lowest BCUT2D eigenvalue weighted by Gasteiger charge is -2.61. The molecule has 1 aromatic carbocycles. The molecule has 6 heteroatoms. The normalized spacial score (nSPS) is 34.8. The highest BCUT2D eigenvalue weighted by Gasteiger charge is 2.60. The highest BCUT2D eigenvalue weighted by Crippen LogP contribution is 2.61. The van der Waals surface area contributed by atoms with E-state index in [-0.39, 0.29) is 22.8 Å². The maximum absolute atomic E-state index is 13.3. The lowest BCUT2D eigenvalue weighted by atomic mass is 9.46. The van der Waals surface area contributed by atoms with Crippen molar-refractivity contribution in [3.05, 3.63) is 24.4 Å². The molecule has 0 spiro atoms.